The Bertz CT molecular complexity index is 623. The molecular formula is C17H17ClF2O. The van der Waals surface area contributed by atoms with Gasteiger partial charge in [-0.3, -0.25) is 0 Å². The minimum absolute atomic E-state index is 0.223. The van der Waals surface area contributed by atoms with Gasteiger partial charge in [-0.05, 0) is 41.5 Å². The van der Waals surface area contributed by atoms with Crippen LogP contribution in [-0.2, 0) is 11.8 Å². The van der Waals surface area contributed by atoms with Crippen LogP contribution in [0, 0.1) is 11.6 Å². The van der Waals surface area contributed by atoms with Crippen LogP contribution in [0.2, 0.25) is 5.02 Å². The Balaban J connectivity index is 2.23. The largest absolute Gasteiger partial charge is 0.392 e. The molecule has 0 heterocycles. The Morgan fingerprint density at radius 2 is 1.62 bits per heavy atom. The molecule has 0 radical (unpaired) electrons. The van der Waals surface area contributed by atoms with E-state index in [1.165, 1.54) is 30.3 Å². The second-order valence-electron chi connectivity index (χ2n) is 5.68. The van der Waals surface area contributed by atoms with Crippen molar-refractivity contribution in [2.24, 2.45) is 0 Å². The number of hydrogen-bond donors (Lipinski definition) is 1. The lowest BCUT2D eigenvalue weighted by Gasteiger charge is -2.31. The first-order valence-corrected chi connectivity index (χ1v) is 7.06. The van der Waals surface area contributed by atoms with E-state index in [1.54, 1.807) is 12.1 Å². The zero-order valence-corrected chi connectivity index (χ0v) is 12.7. The summed E-state index contributed by atoms with van der Waals surface area (Å²) in [6.45, 7) is 3.72. The Morgan fingerprint density at radius 1 is 1.05 bits per heavy atom. The second kappa shape index (κ2) is 6.12. The average Bonchev–Trinajstić information content (AvgIpc) is 2.43. The third kappa shape index (κ3) is 3.60. The van der Waals surface area contributed by atoms with Crippen LogP contribution in [0.3, 0.4) is 0 Å². The van der Waals surface area contributed by atoms with Crippen molar-refractivity contribution in [1.29, 1.82) is 0 Å². The van der Waals surface area contributed by atoms with Crippen molar-refractivity contribution in [1.82, 2.24) is 0 Å². The Kier molecular flexibility index (Phi) is 4.64. The maximum absolute atomic E-state index is 13.3. The molecule has 112 valence electrons. The van der Waals surface area contributed by atoms with Gasteiger partial charge >= 0.3 is 0 Å². The molecule has 2 aromatic rings. The maximum Gasteiger partial charge on any atom is 0.123 e. The summed E-state index contributed by atoms with van der Waals surface area (Å²) in [6.07, 6.45) is -0.552. The summed E-state index contributed by atoms with van der Waals surface area (Å²) < 4.78 is 26.3. The number of rotatable bonds is 4. The van der Waals surface area contributed by atoms with E-state index in [-0.39, 0.29) is 18.1 Å². The van der Waals surface area contributed by atoms with Crippen molar-refractivity contribution in [2.45, 2.75) is 31.8 Å². The van der Waals surface area contributed by atoms with E-state index in [0.29, 0.717) is 10.6 Å². The van der Waals surface area contributed by atoms with Crippen LogP contribution in [0.25, 0.3) is 0 Å². The van der Waals surface area contributed by atoms with Gasteiger partial charge in [-0.15, -0.1) is 0 Å². The standard InChI is InChI=1S/C17H17ClF2O/c1-17(2,12-3-5-13(19)6-4-12)16(21)10-11-9-14(20)7-8-15(11)18/h3-9,16,21H,10H2,1-2H3. The first-order valence-electron chi connectivity index (χ1n) is 6.69. The zero-order chi connectivity index (χ0) is 15.6. The number of aliphatic hydroxyl groups is 1. The monoisotopic (exact) mass is 310 g/mol. The zero-order valence-electron chi connectivity index (χ0n) is 11.9. The molecule has 1 nitrogen and oxygen atoms in total. The van der Waals surface area contributed by atoms with Crippen LogP contribution in [0.15, 0.2) is 42.5 Å². The Hall–Kier alpha value is -1.45. The van der Waals surface area contributed by atoms with E-state index >= 15 is 0 Å². The fourth-order valence-corrected chi connectivity index (χ4v) is 2.43. The van der Waals surface area contributed by atoms with E-state index < -0.39 is 11.5 Å². The number of hydrogen-bond acceptors (Lipinski definition) is 1. The van der Waals surface area contributed by atoms with Gasteiger partial charge in [0.2, 0.25) is 0 Å². The molecule has 21 heavy (non-hydrogen) atoms. The van der Waals surface area contributed by atoms with Gasteiger partial charge in [0.05, 0.1) is 6.10 Å². The summed E-state index contributed by atoms with van der Waals surface area (Å²) in [7, 11) is 0. The molecule has 4 heteroatoms. The summed E-state index contributed by atoms with van der Waals surface area (Å²) in [5, 5.41) is 10.9. The van der Waals surface area contributed by atoms with Crippen LogP contribution < -0.4 is 0 Å². The van der Waals surface area contributed by atoms with Gasteiger partial charge in [-0.1, -0.05) is 37.6 Å². The molecule has 0 amide bonds. The topological polar surface area (TPSA) is 20.2 Å². The van der Waals surface area contributed by atoms with Gasteiger partial charge in [-0.2, -0.15) is 0 Å². The lowest BCUT2D eigenvalue weighted by atomic mass is 9.77. The third-order valence-corrected chi connectivity index (χ3v) is 4.21. The molecule has 0 saturated carbocycles. The Morgan fingerprint density at radius 3 is 2.24 bits per heavy atom. The lowest BCUT2D eigenvalue weighted by Crippen LogP contribution is -2.35. The van der Waals surface area contributed by atoms with Gasteiger partial charge in [0, 0.05) is 16.9 Å². The molecule has 0 aliphatic rings. The fraction of sp³-hybridized carbons (Fsp3) is 0.294. The van der Waals surface area contributed by atoms with E-state index in [0.717, 1.165) is 5.56 Å². The summed E-state index contributed by atoms with van der Waals surface area (Å²) in [4.78, 5) is 0. The molecule has 0 fully saturated rings. The van der Waals surface area contributed by atoms with E-state index in [2.05, 4.69) is 0 Å². The maximum atomic E-state index is 13.3. The summed E-state index contributed by atoms with van der Waals surface area (Å²) in [5.74, 6) is -0.710. The first kappa shape index (κ1) is 15.9. The van der Waals surface area contributed by atoms with Gasteiger partial charge in [0.15, 0.2) is 0 Å². The smallest absolute Gasteiger partial charge is 0.123 e. The molecule has 2 aromatic carbocycles. The molecule has 1 atom stereocenters. The quantitative estimate of drug-likeness (QED) is 0.881. The molecule has 0 bridgehead atoms. The van der Waals surface area contributed by atoms with Crippen LogP contribution in [0.5, 0.6) is 0 Å². The van der Waals surface area contributed by atoms with E-state index in [1.807, 2.05) is 13.8 Å². The SMILES string of the molecule is CC(C)(c1ccc(F)cc1)C(O)Cc1cc(F)ccc1Cl. The van der Waals surface area contributed by atoms with Crippen LogP contribution in [0.4, 0.5) is 8.78 Å². The molecule has 0 aliphatic carbocycles. The van der Waals surface area contributed by atoms with E-state index in [4.69, 9.17) is 11.6 Å². The summed E-state index contributed by atoms with van der Waals surface area (Å²) >= 11 is 6.03. The molecule has 0 aromatic heterocycles. The highest BCUT2D eigenvalue weighted by Crippen LogP contribution is 2.31. The molecule has 0 saturated heterocycles. The molecular weight excluding hydrogens is 294 g/mol. The van der Waals surface area contributed by atoms with Crippen LogP contribution in [0.1, 0.15) is 25.0 Å². The van der Waals surface area contributed by atoms with Gasteiger partial charge in [0.25, 0.3) is 0 Å². The third-order valence-electron chi connectivity index (χ3n) is 3.84. The van der Waals surface area contributed by atoms with Crippen molar-refractivity contribution in [3.05, 3.63) is 70.2 Å². The fourth-order valence-electron chi connectivity index (χ4n) is 2.24. The minimum atomic E-state index is -0.776. The van der Waals surface area contributed by atoms with Crippen molar-refractivity contribution in [2.75, 3.05) is 0 Å². The molecule has 1 unspecified atom stereocenters. The predicted octanol–water partition coefficient (Wildman–Crippen LogP) is 4.50. The average molecular weight is 311 g/mol. The van der Waals surface area contributed by atoms with Crippen molar-refractivity contribution < 1.29 is 13.9 Å². The number of halogens is 3. The minimum Gasteiger partial charge on any atom is -0.392 e. The summed E-state index contributed by atoms with van der Waals surface area (Å²) in [6, 6.07) is 10.1. The van der Waals surface area contributed by atoms with Crippen LogP contribution in [-0.4, -0.2) is 11.2 Å². The molecule has 0 spiro atoms. The highest BCUT2D eigenvalue weighted by atomic mass is 35.5. The number of benzene rings is 2. The highest BCUT2D eigenvalue weighted by molar-refractivity contribution is 6.31. The molecule has 0 aliphatic heterocycles. The normalized spacial score (nSPS) is 13.2. The summed E-state index contributed by atoms with van der Waals surface area (Å²) in [5.41, 5.74) is 0.756. The molecule has 2 rings (SSSR count). The second-order valence-corrected chi connectivity index (χ2v) is 6.09. The van der Waals surface area contributed by atoms with Gasteiger partial charge < -0.3 is 5.11 Å². The Labute approximate surface area is 128 Å². The van der Waals surface area contributed by atoms with Gasteiger partial charge in [-0.25, -0.2) is 8.78 Å². The highest BCUT2D eigenvalue weighted by Gasteiger charge is 2.30. The first-order chi connectivity index (χ1) is 9.80. The molecule has 1 N–H and O–H groups in total. The predicted molar refractivity (Wildman–Crippen MR) is 80.5 cm³/mol. The van der Waals surface area contributed by atoms with Crippen molar-refractivity contribution in [3.8, 4) is 0 Å². The van der Waals surface area contributed by atoms with Crippen molar-refractivity contribution >= 4 is 11.6 Å². The van der Waals surface area contributed by atoms with Gasteiger partial charge in [0.1, 0.15) is 11.6 Å². The van der Waals surface area contributed by atoms with E-state index in [9.17, 15) is 13.9 Å². The lowest BCUT2D eigenvalue weighted by molar-refractivity contribution is 0.0999. The van der Waals surface area contributed by atoms with Crippen LogP contribution >= 0.6 is 11.6 Å². The van der Waals surface area contributed by atoms with Crippen molar-refractivity contribution in [3.63, 3.8) is 0 Å². The number of aliphatic hydroxyl groups excluding tert-OH is 1.